The summed E-state index contributed by atoms with van der Waals surface area (Å²) in [5.41, 5.74) is 1.17. The Balaban J connectivity index is 2.14. The lowest BCUT2D eigenvalue weighted by Crippen LogP contribution is -2.23. The summed E-state index contributed by atoms with van der Waals surface area (Å²) < 4.78 is 14.2. The van der Waals surface area contributed by atoms with Crippen molar-refractivity contribution < 1.29 is 19.1 Å². The zero-order valence-corrected chi connectivity index (χ0v) is 16.3. The minimum absolute atomic E-state index is 0.0306. The van der Waals surface area contributed by atoms with Crippen LogP contribution in [0.2, 0.25) is 0 Å². The molecule has 0 aliphatic carbocycles. The molecule has 0 aliphatic heterocycles. The molecule has 0 bridgehead atoms. The third-order valence-corrected chi connectivity index (χ3v) is 5.02. The molecule has 0 saturated carbocycles. The number of hydrogen-bond donors (Lipinski definition) is 0. The van der Waals surface area contributed by atoms with Crippen molar-refractivity contribution in [2.75, 3.05) is 14.2 Å². The summed E-state index contributed by atoms with van der Waals surface area (Å²) in [5.74, 6) is -0.158. The first kappa shape index (κ1) is 18.8. The molecule has 142 valence electrons. The summed E-state index contributed by atoms with van der Waals surface area (Å²) in [6.45, 7) is 3.83. The van der Waals surface area contributed by atoms with Gasteiger partial charge in [0.05, 0.1) is 24.4 Å². The van der Waals surface area contributed by atoms with Crippen LogP contribution in [0.25, 0.3) is 10.2 Å². The third kappa shape index (κ3) is 3.77. The summed E-state index contributed by atoms with van der Waals surface area (Å²) in [6.07, 6.45) is 1.57. The number of rotatable bonds is 5. The van der Waals surface area contributed by atoms with Gasteiger partial charge in [0, 0.05) is 12.2 Å². The van der Waals surface area contributed by atoms with E-state index in [0.29, 0.717) is 16.2 Å². The molecule has 0 N–H and O–H groups in total. The van der Waals surface area contributed by atoms with Crippen molar-refractivity contribution in [3.05, 3.63) is 41.0 Å². The minimum Gasteiger partial charge on any atom is -0.497 e. The lowest BCUT2D eigenvalue weighted by atomic mass is 10.3. The Morgan fingerprint density at radius 3 is 2.70 bits per heavy atom. The topological polar surface area (TPSA) is 87.7 Å². The van der Waals surface area contributed by atoms with Crippen LogP contribution in [-0.4, -0.2) is 40.4 Å². The van der Waals surface area contributed by atoms with Crippen LogP contribution in [0.3, 0.4) is 0 Å². The van der Waals surface area contributed by atoms with Crippen LogP contribution in [0.15, 0.2) is 35.5 Å². The highest BCUT2D eigenvalue weighted by atomic mass is 32.1. The fourth-order valence-corrected chi connectivity index (χ4v) is 3.71. The van der Waals surface area contributed by atoms with Gasteiger partial charge in [0.15, 0.2) is 4.80 Å². The quantitative estimate of drug-likeness (QED) is 0.627. The number of carbonyl (C=O) groups excluding carboxylic acids is 2. The molecule has 0 spiro atoms. The molecule has 9 heteroatoms. The average molecular weight is 388 g/mol. The summed E-state index contributed by atoms with van der Waals surface area (Å²) in [5, 5.41) is 4.17. The summed E-state index contributed by atoms with van der Waals surface area (Å²) in [7, 11) is 2.91. The molecule has 2 heterocycles. The van der Waals surface area contributed by atoms with E-state index in [1.807, 2.05) is 26.0 Å². The molecule has 1 aromatic carbocycles. The van der Waals surface area contributed by atoms with Crippen LogP contribution in [0, 0.1) is 0 Å². The van der Waals surface area contributed by atoms with E-state index < -0.39 is 11.9 Å². The van der Waals surface area contributed by atoms with Crippen LogP contribution in [0.5, 0.6) is 5.75 Å². The van der Waals surface area contributed by atoms with Crippen molar-refractivity contribution >= 4 is 33.4 Å². The highest BCUT2D eigenvalue weighted by Gasteiger charge is 2.16. The van der Waals surface area contributed by atoms with E-state index in [0.717, 1.165) is 10.2 Å². The van der Waals surface area contributed by atoms with Crippen molar-refractivity contribution in [1.82, 2.24) is 14.3 Å². The number of ether oxygens (including phenoxy) is 2. The highest BCUT2D eigenvalue weighted by molar-refractivity contribution is 7.16. The van der Waals surface area contributed by atoms with Crippen LogP contribution in [-0.2, 0) is 16.1 Å². The molecular weight excluding hydrogens is 368 g/mol. The second kappa shape index (κ2) is 7.75. The monoisotopic (exact) mass is 388 g/mol. The first-order valence-corrected chi connectivity index (χ1v) is 9.13. The molecule has 3 aromatic rings. The maximum Gasteiger partial charge on any atom is 0.325 e. The molecule has 0 unspecified atom stereocenters. The number of aromatic nitrogens is 3. The zero-order valence-electron chi connectivity index (χ0n) is 15.5. The molecule has 1 amide bonds. The SMILES string of the molecule is COC(=O)Cn1c(=NC(=O)c2ccnn2C(C)C)sc2cc(OC)ccc21. The van der Waals surface area contributed by atoms with Gasteiger partial charge in [-0.25, -0.2) is 0 Å². The first-order chi connectivity index (χ1) is 12.9. The van der Waals surface area contributed by atoms with Gasteiger partial charge >= 0.3 is 5.97 Å². The Kier molecular flexibility index (Phi) is 5.41. The standard InChI is InChI=1S/C18H20N4O4S/c1-11(2)22-14(7-8-19-22)17(24)20-18-21(10-16(23)26-4)13-6-5-12(25-3)9-15(13)27-18/h5-9,11H,10H2,1-4H3. The van der Waals surface area contributed by atoms with Gasteiger partial charge in [-0.2, -0.15) is 10.1 Å². The highest BCUT2D eigenvalue weighted by Crippen LogP contribution is 2.23. The number of benzene rings is 1. The van der Waals surface area contributed by atoms with E-state index in [1.165, 1.54) is 18.4 Å². The van der Waals surface area contributed by atoms with Gasteiger partial charge in [0.1, 0.15) is 18.0 Å². The van der Waals surface area contributed by atoms with Gasteiger partial charge in [-0.05, 0) is 38.1 Å². The van der Waals surface area contributed by atoms with E-state index in [4.69, 9.17) is 9.47 Å². The van der Waals surface area contributed by atoms with Crippen molar-refractivity contribution in [3.63, 3.8) is 0 Å². The molecule has 8 nitrogen and oxygen atoms in total. The predicted octanol–water partition coefficient (Wildman–Crippen LogP) is 2.40. The Hall–Kier alpha value is -2.94. The Morgan fingerprint density at radius 1 is 1.26 bits per heavy atom. The maximum atomic E-state index is 12.7. The van der Waals surface area contributed by atoms with Crippen LogP contribution in [0.4, 0.5) is 0 Å². The molecule has 0 fully saturated rings. The predicted molar refractivity (Wildman–Crippen MR) is 101 cm³/mol. The zero-order chi connectivity index (χ0) is 19.6. The van der Waals surface area contributed by atoms with Crippen LogP contribution >= 0.6 is 11.3 Å². The smallest absolute Gasteiger partial charge is 0.325 e. The molecule has 0 radical (unpaired) electrons. The number of hydrogen-bond acceptors (Lipinski definition) is 6. The number of nitrogens with zero attached hydrogens (tertiary/aromatic N) is 4. The number of fused-ring (bicyclic) bond motifs is 1. The van der Waals surface area contributed by atoms with Gasteiger partial charge in [-0.3, -0.25) is 14.3 Å². The largest absolute Gasteiger partial charge is 0.497 e. The molecule has 27 heavy (non-hydrogen) atoms. The minimum atomic E-state index is -0.424. The maximum absolute atomic E-state index is 12.7. The van der Waals surface area contributed by atoms with Gasteiger partial charge in [0.25, 0.3) is 5.91 Å². The van der Waals surface area contributed by atoms with Gasteiger partial charge in [-0.15, -0.1) is 0 Å². The van der Waals surface area contributed by atoms with Gasteiger partial charge < -0.3 is 14.0 Å². The lowest BCUT2D eigenvalue weighted by molar-refractivity contribution is -0.141. The Morgan fingerprint density at radius 2 is 2.04 bits per heavy atom. The van der Waals surface area contributed by atoms with Crippen molar-refractivity contribution in [1.29, 1.82) is 0 Å². The number of thiazole rings is 1. The summed E-state index contributed by atoms with van der Waals surface area (Å²) in [6, 6.07) is 7.13. The van der Waals surface area contributed by atoms with Gasteiger partial charge in [0.2, 0.25) is 0 Å². The van der Waals surface area contributed by atoms with E-state index in [-0.39, 0.29) is 12.6 Å². The summed E-state index contributed by atoms with van der Waals surface area (Å²) in [4.78, 5) is 29.3. The third-order valence-electron chi connectivity index (χ3n) is 3.98. The number of carbonyl (C=O) groups is 2. The van der Waals surface area contributed by atoms with E-state index in [9.17, 15) is 9.59 Å². The van der Waals surface area contributed by atoms with E-state index in [1.54, 1.807) is 34.7 Å². The Labute approximate surface area is 159 Å². The molecular formula is C18H20N4O4S. The van der Waals surface area contributed by atoms with Crippen molar-refractivity contribution in [2.45, 2.75) is 26.4 Å². The summed E-state index contributed by atoms with van der Waals surface area (Å²) >= 11 is 1.30. The number of methoxy groups -OCH3 is 2. The first-order valence-electron chi connectivity index (χ1n) is 8.31. The van der Waals surface area contributed by atoms with Crippen molar-refractivity contribution in [2.24, 2.45) is 4.99 Å². The Bertz CT molecular complexity index is 1060. The number of esters is 1. The number of amides is 1. The van der Waals surface area contributed by atoms with E-state index >= 15 is 0 Å². The lowest BCUT2D eigenvalue weighted by Gasteiger charge is -2.08. The second-order valence-electron chi connectivity index (χ2n) is 6.05. The normalized spacial score (nSPS) is 12.0. The molecule has 3 rings (SSSR count). The molecule has 2 aromatic heterocycles. The van der Waals surface area contributed by atoms with Gasteiger partial charge in [-0.1, -0.05) is 11.3 Å². The molecule has 0 saturated heterocycles. The average Bonchev–Trinajstić information content (AvgIpc) is 3.26. The fraction of sp³-hybridized carbons (Fsp3) is 0.333. The fourth-order valence-electron chi connectivity index (χ4n) is 2.65. The van der Waals surface area contributed by atoms with Crippen LogP contribution in [0.1, 0.15) is 30.4 Å². The molecule has 0 atom stereocenters. The molecule has 0 aliphatic rings. The second-order valence-corrected chi connectivity index (χ2v) is 7.06. The van der Waals surface area contributed by atoms with Crippen LogP contribution < -0.4 is 9.54 Å². The van der Waals surface area contributed by atoms with E-state index in [2.05, 4.69) is 10.1 Å². The van der Waals surface area contributed by atoms with Crippen molar-refractivity contribution in [3.8, 4) is 5.75 Å².